The van der Waals surface area contributed by atoms with Gasteiger partial charge < -0.3 is 30.7 Å². The average Bonchev–Trinajstić information content (AvgIpc) is 2.37. The molecule has 0 saturated heterocycles. The van der Waals surface area contributed by atoms with Crippen molar-refractivity contribution in [3.8, 4) is 0 Å². The number of rotatable bonds is 5. The van der Waals surface area contributed by atoms with Crippen molar-refractivity contribution in [3.05, 3.63) is 11.8 Å². The summed E-state index contributed by atoms with van der Waals surface area (Å²) < 4.78 is 5.27. The number of carboxylic acid groups (broad SMARTS) is 1. The SMILES string of the molecule is CC(=O)N[C@H](C1OC(C(=O)O)=C[C@@H](O)[C@@H]1NC(C)=O)[C@H](C)O. The van der Waals surface area contributed by atoms with Gasteiger partial charge >= 0.3 is 5.97 Å². The molecule has 0 saturated carbocycles. The van der Waals surface area contributed by atoms with E-state index in [-0.39, 0.29) is 0 Å². The highest BCUT2D eigenvalue weighted by Gasteiger charge is 2.43. The highest BCUT2D eigenvalue weighted by molar-refractivity contribution is 5.84. The Bertz CT molecular complexity index is 489. The lowest BCUT2D eigenvalue weighted by atomic mass is 9.92. The molecule has 1 aliphatic heterocycles. The van der Waals surface area contributed by atoms with Gasteiger partial charge in [-0.05, 0) is 13.0 Å². The van der Waals surface area contributed by atoms with Crippen molar-refractivity contribution in [1.82, 2.24) is 10.6 Å². The second kappa shape index (κ2) is 7.23. The fourth-order valence-electron chi connectivity index (χ4n) is 2.24. The van der Waals surface area contributed by atoms with Crippen molar-refractivity contribution in [1.29, 1.82) is 0 Å². The van der Waals surface area contributed by atoms with Crippen LogP contribution < -0.4 is 10.6 Å². The minimum Gasteiger partial charge on any atom is -0.479 e. The maximum atomic E-state index is 11.3. The minimum atomic E-state index is -1.41. The molecule has 0 fully saturated rings. The summed E-state index contributed by atoms with van der Waals surface area (Å²) in [4.78, 5) is 33.6. The van der Waals surface area contributed by atoms with E-state index < -0.39 is 53.9 Å². The van der Waals surface area contributed by atoms with Crippen molar-refractivity contribution in [3.63, 3.8) is 0 Å². The van der Waals surface area contributed by atoms with E-state index >= 15 is 0 Å². The highest BCUT2D eigenvalue weighted by atomic mass is 16.5. The summed E-state index contributed by atoms with van der Waals surface area (Å²) in [6.07, 6.45) is -2.65. The van der Waals surface area contributed by atoms with Crippen molar-refractivity contribution in [2.24, 2.45) is 0 Å². The third-order valence-corrected chi connectivity index (χ3v) is 3.13. The standard InChI is InChI=1S/C13H20N2O7/c1-5(16)10(14-6(2)17)12-11(15-7(3)18)8(19)4-9(22-12)13(20)21/h4-5,8,10-12,16,19H,1-3H3,(H,14,17)(H,15,18)(H,20,21)/t5-,8+,10-,11-,12?/m0/s1. The molecule has 1 heterocycles. The zero-order chi connectivity index (χ0) is 17.0. The molecule has 22 heavy (non-hydrogen) atoms. The molecular weight excluding hydrogens is 296 g/mol. The maximum Gasteiger partial charge on any atom is 0.370 e. The molecule has 0 radical (unpaired) electrons. The predicted molar refractivity (Wildman–Crippen MR) is 73.5 cm³/mol. The third kappa shape index (κ3) is 4.43. The molecule has 5 N–H and O–H groups in total. The number of ether oxygens (including phenoxy) is 1. The van der Waals surface area contributed by atoms with Gasteiger partial charge in [-0.3, -0.25) is 9.59 Å². The number of carbonyl (C=O) groups is 3. The molecule has 9 heteroatoms. The van der Waals surface area contributed by atoms with Crippen LogP contribution in [0.4, 0.5) is 0 Å². The van der Waals surface area contributed by atoms with Crippen LogP contribution in [0.5, 0.6) is 0 Å². The zero-order valence-corrected chi connectivity index (χ0v) is 12.4. The molecule has 0 aromatic carbocycles. The van der Waals surface area contributed by atoms with Gasteiger partial charge in [0, 0.05) is 13.8 Å². The number of aliphatic carboxylic acids is 1. The Kier molecular flexibility index (Phi) is 5.89. The van der Waals surface area contributed by atoms with E-state index in [4.69, 9.17) is 9.84 Å². The van der Waals surface area contributed by atoms with Gasteiger partial charge in [0.1, 0.15) is 12.2 Å². The van der Waals surface area contributed by atoms with E-state index in [9.17, 15) is 24.6 Å². The number of hydrogen-bond acceptors (Lipinski definition) is 6. The topological polar surface area (TPSA) is 145 Å². The summed E-state index contributed by atoms with van der Waals surface area (Å²) in [6, 6.07) is -2.04. The molecule has 124 valence electrons. The summed E-state index contributed by atoms with van der Waals surface area (Å²) in [5.41, 5.74) is 0. The van der Waals surface area contributed by atoms with Crippen LogP contribution in [0.25, 0.3) is 0 Å². The van der Waals surface area contributed by atoms with Gasteiger partial charge in [0.15, 0.2) is 0 Å². The van der Waals surface area contributed by atoms with Crippen molar-refractivity contribution >= 4 is 17.8 Å². The summed E-state index contributed by atoms with van der Waals surface area (Å²) in [7, 11) is 0. The van der Waals surface area contributed by atoms with Gasteiger partial charge in [0.05, 0.1) is 18.2 Å². The van der Waals surface area contributed by atoms with Gasteiger partial charge in [-0.25, -0.2) is 4.79 Å². The lowest BCUT2D eigenvalue weighted by Crippen LogP contribution is -2.63. The van der Waals surface area contributed by atoms with Crippen molar-refractivity contribution in [2.45, 2.75) is 51.2 Å². The zero-order valence-electron chi connectivity index (χ0n) is 12.4. The smallest absolute Gasteiger partial charge is 0.370 e. The van der Waals surface area contributed by atoms with Crippen molar-refractivity contribution in [2.75, 3.05) is 0 Å². The predicted octanol–water partition coefficient (Wildman–Crippen LogP) is -1.90. The third-order valence-electron chi connectivity index (χ3n) is 3.13. The molecule has 1 unspecified atom stereocenters. The molecule has 0 aromatic heterocycles. The average molecular weight is 316 g/mol. The Hall–Kier alpha value is -2.13. The highest BCUT2D eigenvalue weighted by Crippen LogP contribution is 2.23. The first-order valence-electron chi connectivity index (χ1n) is 6.65. The number of nitrogens with one attached hydrogen (secondary N) is 2. The number of amides is 2. The van der Waals surface area contributed by atoms with Crippen LogP contribution in [0, 0.1) is 0 Å². The number of aliphatic hydroxyl groups excluding tert-OH is 2. The van der Waals surface area contributed by atoms with E-state index in [1.54, 1.807) is 0 Å². The van der Waals surface area contributed by atoms with Crippen LogP contribution in [0.2, 0.25) is 0 Å². The Labute approximate surface area is 127 Å². The fourth-order valence-corrected chi connectivity index (χ4v) is 2.24. The van der Waals surface area contributed by atoms with E-state index in [1.807, 2.05) is 0 Å². The summed E-state index contributed by atoms with van der Waals surface area (Å²) >= 11 is 0. The van der Waals surface area contributed by atoms with Crippen LogP contribution in [-0.4, -0.2) is 63.5 Å². The second-order valence-electron chi connectivity index (χ2n) is 5.10. The number of carboxylic acids is 1. The molecule has 0 spiro atoms. The molecule has 0 aromatic rings. The van der Waals surface area contributed by atoms with E-state index in [2.05, 4.69) is 10.6 Å². The summed E-state index contributed by atoms with van der Waals surface area (Å²) in [5.74, 6) is -2.87. The van der Waals surface area contributed by atoms with Crippen molar-refractivity contribution < 1.29 is 34.4 Å². The number of aliphatic hydroxyl groups is 2. The molecule has 9 nitrogen and oxygen atoms in total. The summed E-state index contributed by atoms with van der Waals surface area (Å²) in [6.45, 7) is 3.81. The molecular formula is C13H20N2O7. The van der Waals surface area contributed by atoms with E-state index in [0.717, 1.165) is 6.08 Å². The largest absolute Gasteiger partial charge is 0.479 e. The first-order valence-corrected chi connectivity index (χ1v) is 6.65. The van der Waals surface area contributed by atoms with Gasteiger partial charge in [0.25, 0.3) is 0 Å². The number of hydrogen-bond donors (Lipinski definition) is 5. The van der Waals surface area contributed by atoms with Crippen LogP contribution in [-0.2, 0) is 19.1 Å². The molecule has 2 amide bonds. The number of carbonyl (C=O) groups excluding carboxylic acids is 2. The first-order chi connectivity index (χ1) is 10.1. The Morgan fingerprint density at radius 1 is 1.27 bits per heavy atom. The molecule has 0 aliphatic carbocycles. The summed E-state index contributed by atoms with van der Waals surface area (Å²) in [5, 5.41) is 33.7. The Morgan fingerprint density at radius 3 is 2.27 bits per heavy atom. The van der Waals surface area contributed by atoms with E-state index in [1.165, 1.54) is 20.8 Å². The maximum absolute atomic E-state index is 11.3. The van der Waals surface area contributed by atoms with Gasteiger partial charge in [-0.1, -0.05) is 0 Å². The van der Waals surface area contributed by atoms with Gasteiger partial charge in [0.2, 0.25) is 17.6 Å². The minimum absolute atomic E-state index is 0.475. The van der Waals surface area contributed by atoms with Crippen LogP contribution in [0.1, 0.15) is 20.8 Å². The lowest BCUT2D eigenvalue weighted by Gasteiger charge is -2.39. The van der Waals surface area contributed by atoms with Crippen LogP contribution >= 0.6 is 0 Å². The molecule has 1 aliphatic rings. The normalized spacial score (nSPS) is 27.0. The van der Waals surface area contributed by atoms with Crippen LogP contribution in [0.3, 0.4) is 0 Å². The van der Waals surface area contributed by atoms with Crippen LogP contribution in [0.15, 0.2) is 11.8 Å². The Balaban J connectivity index is 3.17. The van der Waals surface area contributed by atoms with E-state index in [0.29, 0.717) is 0 Å². The first kappa shape index (κ1) is 17.9. The molecule has 5 atom stereocenters. The monoisotopic (exact) mass is 316 g/mol. The Morgan fingerprint density at radius 2 is 1.86 bits per heavy atom. The second-order valence-corrected chi connectivity index (χ2v) is 5.10. The quantitative estimate of drug-likeness (QED) is 0.398. The lowest BCUT2D eigenvalue weighted by molar-refractivity contribution is -0.142. The molecule has 0 bridgehead atoms. The fraction of sp³-hybridized carbons (Fsp3) is 0.615. The van der Waals surface area contributed by atoms with Gasteiger partial charge in [-0.2, -0.15) is 0 Å². The molecule has 1 rings (SSSR count). The van der Waals surface area contributed by atoms with Gasteiger partial charge in [-0.15, -0.1) is 0 Å².